The molecule has 1 saturated heterocycles. The lowest BCUT2D eigenvalue weighted by atomic mass is 9.84. The number of aromatic nitrogens is 1. The third-order valence-electron chi connectivity index (χ3n) is 8.06. The fraction of sp³-hybridized carbons (Fsp3) is 0.321. The summed E-state index contributed by atoms with van der Waals surface area (Å²) in [6.07, 6.45) is 2.93. The molecule has 2 amide bonds. The largest absolute Gasteiger partial charge is 0.503 e. The molecule has 1 aromatic heterocycles. The zero-order chi connectivity index (χ0) is 27.6. The predicted molar refractivity (Wildman–Crippen MR) is 132 cm³/mol. The van der Waals surface area contributed by atoms with E-state index in [1.54, 1.807) is 4.90 Å². The number of fused-ring (bicyclic) bond motifs is 6. The minimum Gasteiger partial charge on any atom is -0.503 e. The second-order valence-corrected chi connectivity index (χ2v) is 10.3. The van der Waals surface area contributed by atoms with E-state index in [9.17, 15) is 32.7 Å². The number of nitrogens with zero attached hydrogens (tertiary/aromatic N) is 2. The first-order valence-corrected chi connectivity index (χ1v) is 12.6. The van der Waals surface area contributed by atoms with Crippen molar-refractivity contribution < 1.29 is 32.6 Å². The lowest BCUT2D eigenvalue weighted by molar-refractivity contribution is 0.0148. The summed E-state index contributed by atoms with van der Waals surface area (Å²) < 4.78 is 49.4. The van der Waals surface area contributed by atoms with Gasteiger partial charge in [0, 0.05) is 49.4 Å². The summed E-state index contributed by atoms with van der Waals surface area (Å²) in [7, 11) is 0. The molecule has 2 N–H and O–H groups in total. The molecular weight excluding hydrogens is 515 g/mol. The average molecular weight is 540 g/mol. The molecule has 2 aromatic carbocycles. The molecule has 4 heterocycles. The van der Waals surface area contributed by atoms with Gasteiger partial charge < -0.3 is 24.6 Å². The van der Waals surface area contributed by atoms with Gasteiger partial charge in [0.1, 0.15) is 34.4 Å². The van der Waals surface area contributed by atoms with Crippen LogP contribution in [0.3, 0.4) is 0 Å². The zero-order valence-electron chi connectivity index (χ0n) is 20.8. The number of pyridine rings is 1. The minimum absolute atomic E-state index is 0.182. The second-order valence-electron chi connectivity index (χ2n) is 10.3. The SMILES string of the molecule is C[C@H]1CC[C@]2(Cc3ccccc3O2)[C@H]2CN1C(=O)c1c(O)c(=O)c(C(=O)NCc3c(F)cc(F)cc3F)cn12. The number of aromatic hydroxyl groups is 1. The van der Waals surface area contributed by atoms with Gasteiger partial charge in [0.15, 0.2) is 11.4 Å². The van der Waals surface area contributed by atoms with Gasteiger partial charge >= 0.3 is 0 Å². The van der Waals surface area contributed by atoms with Gasteiger partial charge in [-0.15, -0.1) is 0 Å². The standard InChI is InChI=1S/C28H24F3N3O5/c1-14-6-7-28(10-15-4-2-3-5-21(15)39-28)22-13-33(14)27(38)23-25(36)24(35)18(12-34(22)23)26(37)32-11-17-19(30)8-16(29)9-20(17)31/h2-5,8-9,12,14,22,36H,6-7,10-11,13H2,1H3,(H,32,37)/t14-,22+,28-/m0/s1. The molecule has 202 valence electrons. The number of ether oxygens (including phenoxy) is 1. The first-order valence-electron chi connectivity index (χ1n) is 12.6. The second kappa shape index (κ2) is 8.89. The Morgan fingerprint density at radius 3 is 2.62 bits per heavy atom. The first kappa shape index (κ1) is 25.0. The molecule has 3 aromatic rings. The van der Waals surface area contributed by atoms with Gasteiger partial charge in [-0.2, -0.15) is 0 Å². The Balaban J connectivity index is 1.41. The van der Waals surface area contributed by atoms with Crippen molar-refractivity contribution in [2.75, 3.05) is 6.54 Å². The van der Waals surface area contributed by atoms with Gasteiger partial charge in [0.2, 0.25) is 5.43 Å². The number of carbonyl (C=O) groups excluding carboxylic acids is 2. The van der Waals surface area contributed by atoms with Crippen LogP contribution in [-0.2, 0) is 13.0 Å². The highest BCUT2D eigenvalue weighted by atomic mass is 19.1. The molecule has 1 fully saturated rings. The van der Waals surface area contributed by atoms with Crippen molar-refractivity contribution >= 4 is 11.8 Å². The molecule has 3 aliphatic heterocycles. The Morgan fingerprint density at radius 2 is 1.90 bits per heavy atom. The van der Waals surface area contributed by atoms with E-state index in [0.717, 1.165) is 5.56 Å². The fourth-order valence-corrected chi connectivity index (χ4v) is 5.96. The highest BCUT2D eigenvalue weighted by Gasteiger charge is 2.53. The van der Waals surface area contributed by atoms with Crippen molar-refractivity contribution in [1.82, 2.24) is 14.8 Å². The fourth-order valence-electron chi connectivity index (χ4n) is 5.96. The van der Waals surface area contributed by atoms with E-state index in [1.165, 1.54) is 10.8 Å². The third kappa shape index (κ3) is 3.86. The van der Waals surface area contributed by atoms with Crippen LogP contribution in [0.25, 0.3) is 0 Å². The summed E-state index contributed by atoms with van der Waals surface area (Å²) in [6.45, 7) is 1.46. The quantitative estimate of drug-likeness (QED) is 0.531. The Morgan fingerprint density at radius 1 is 1.18 bits per heavy atom. The van der Waals surface area contributed by atoms with Crippen LogP contribution in [0.2, 0.25) is 0 Å². The maximum Gasteiger partial charge on any atom is 0.274 e. The molecule has 39 heavy (non-hydrogen) atoms. The zero-order valence-corrected chi connectivity index (χ0v) is 20.8. The monoisotopic (exact) mass is 539 g/mol. The average Bonchev–Trinajstić information content (AvgIpc) is 3.22. The number of hydrogen-bond acceptors (Lipinski definition) is 5. The van der Waals surface area contributed by atoms with E-state index in [1.807, 2.05) is 31.2 Å². The number of nitrogens with one attached hydrogen (secondary N) is 1. The van der Waals surface area contributed by atoms with E-state index >= 15 is 0 Å². The Labute approximate surface area is 220 Å². The van der Waals surface area contributed by atoms with Crippen LogP contribution in [0.5, 0.6) is 11.5 Å². The van der Waals surface area contributed by atoms with E-state index in [0.29, 0.717) is 37.1 Å². The van der Waals surface area contributed by atoms with E-state index < -0.39 is 69.8 Å². The lowest BCUT2D eigenvalue weighted by Crippen LogP contribution is -2.53. The summed E-state index contributed by atoms with van der Waals surface area (Å²) in [5, 5.41) is 13.2. The molecule has 2 bridgehead atoms. The van der Waals surface area contributed by atoms with Crippen molar-refractivity contribution in [2.45, 2.75) is 50.4 Å². The third-order valence-corrected chi connectivity index (χ3v) is 8.06. The van der Waals surface area contributed by atoms with Crippen LogP contribution in [-0.4, -0.2) is 44.6 Å². The molecule has 11 heteroatoms. The van der Waals surface area contributed by atoms with Gasteiger partial charge in [-0.05, 0) is 31.4 Å². The maximum absolute atomic E-state index is 14.1. The number of hydrogen-bond donors (Lipinski definition) is 2. The van der Waals surface area contributed by atoms with Crippen LogP contribution in [0.1, 0.15) is 57.8 Å². The van der Waals surface area contributed by atoms with E-state index in [4.69, 9.17) is 4.74 Å². The summed E-state index contributed by atoms with van der Waals surface area (Å²) in [4.78, 5) is 41.2. The van der Waals surface area contributed by atoms with Crippen molar-refractivity contribution in [2.24, 2.45) is 0 Å². The molecule has 0 unspecified atom stereocenters. The summed E-state index contributed by atoms with van der Waals surface area (Å²) in [5.74, 6) is -5.24. The van der Waals surface area contributed by atoms with Crippen LogP contribution in [0.4, 0.5) is 13.2 Å². The minimum atomic E-state index is -1.20. The van der Waals surface area contributed by atoms with Gasteiger partial charge in [0.25, 0.3) is 11.8 Å². The first-order chi connectivity index (χ1) is 18.6. The number of rotatable bonds is 3. The molecule has 8 nitrogen and oxygen atoms in total. The molecular formula is C28H24F3N3O5. The number of para-hydroxylation sites is 1. The van der Waals surface area contributed by atoms with Crippen LogP contribution in [0, 0.1) is 17.5 Å². The van der Waals surface area contributed by atoms with Gasteiger partial charge in [-0.1, -0.05) is 18.2 Å². The molecule has 3 atom stereocenters. The van der Waals surface area contributed by atoms with E-state index in [-0.39, 0.29) is 18.3 Å². The smallest absolute Gasteiger partial charge is 0.274 e. The van der Waals surface area contributed by atoms with Gasteiger partial charge in [-0.3, -0.25) is 14.4 Å². The number of halogens is 3. The normalized spacial score (nSPS) is 23.2. The summed E-state index contributed by atoms with van der Waals surface area (Å²) in [6, 6.07) is 7.82. The van der Waals surface area contributed by atoms with Crippen molar-refractivity contribution in [3.05, 3.63) is 92.7 Å². The molecule has 1 spiro atoms. The highest BCUT2D eigenvalue weighted by molar-refractivity contribution is 5.99. The molecule has 0 saturated carbocycles. The number of benzene rings is 2. The van der Waals surface area contributed by atoms with E-state index in [2.05, 4.69) is 5.32 Å². The van der Waals surface area contributed by atoms with Crippen molar-refractivity contribution in [1.29, 1.82) is 0 Å². The lowest BCUT2D eigenvalue weighted by Gasteiger charge is -2.42. The molecule has 6 rings (SSSR count). The Bertz CT molecular complexity index is 1560. The van der Waals surface area contributed by atoms with Crippen LogP contribution < -0.4 is 15.5 Å². The van der Waals surface area contributed by atoms with Gasteiger partial charge in [-0.25, -0.2) is 13.2 Å². The number of carbonyl (C=O) groups is 2. The van der Waals surface area contributed by atoms with Crippen LogP contribution in [0.15, 0.2) is 47.4 Å². The highest BCUT2D eigenvalue weighted by Crippen LogP contribution is 2.48. The molecule has 3 aliphatic rings. The topological polar surface area (TPSA) is 101 Å². The predicted octanol–water partition coefficient (Wildman–Crippen LogP) is 3.45. The molecule has 0 aliphatic carbocycles. The van der Waals surface area contributed by atoms with Crippen molar-refractivity contribution in [3.8, 4) is 11.5 Å². The van der Waals surface area contributed by atoms with Crippen LogP contribution >= 0.6 is 0 Å². The Kier molecular flexibility index (Phi) is 5.70. The summed E-state index contributed by atoms with van der Waals surface area (Å²) >= 11 is 0. The molecule has 0 radical (unpaired) electrons. The maximum atomic E-state index is 14.1. The number of amides is 2. The Hall–Kier alpha value is -4.28. The summed E-state index contributed by atoms with van der Waals surface area (Å²) in [5.41, 5.74) is -2.25. The van der Waals surface area contributed by atoms with Crippen molar-refractivity contribution in [3.63, 3.8) is 0 Å². The van der Waals surface area contributed by atoms with Gasteiger partial charge in [0.05, 0.1) is 6.04 Å².